The van der Waals surface area contributed by atoms with Crippen molar-refractivity contribution in [3.05, 3.63) is 41.7 Å². The highest BCUT2D eigenvalue weighted by Crippen LogP contribution is 2.41. The molecule has 1 aliphatic rings. The van der Waals surface area contributed by atoms with Crippen molar-refractivity contribution < 1.29 is 9.90 Å². The van der Waals surface area contributed by atoms with E-state index in [1.807, 2.05) is 29.9 Å². The van der Waals surface area contributed by atoms with Gasteiger partial charge in [0.1, 0.15) is 5.69 Å². The van der Waals surface area contributed by atoms with Gasteiger partial charge >= 0.3 is 0 Å². The highest BCUT2D eigenvalue weighted by atomic mass is 16.3. The number of rotatable bonds is 9. The minimum Gasteiger partial charge on any atom is -0.395 e. The van der Waals surface area contributed by atoms with Crippen LogP contribution in [0.4, 0.5) is 5.69 Å². The highest BCUT2D eigenvalue weighted by Gasteiger charge is 2.31. The zero-order chi connectivity index (χ0) is 19.5. The first kappa shape index (κ1) is 18.5. The van der Waals surface area contributed by atoms with Crippen molar-refractivity contribution in [3.63, 3.8) is 0 Å². The Morgan fingerprint density at radius 1 is 1.11 bits per heavy atom. The number of ketones is 1. The summed E-state index contributed by atoms with van der Waals surface area (Å²) in [6.45, 7) is 3.51. The Morgan fingerprint density at radius 3 is 2.82 bits per heavy atom. The largest absolute Gasteiger partial charge is 0.395 e. The molecule has 146 valence electrons. The van der Waals surface area contributed by atoms with Gasteiger partial charge in [-0.3, -0.25) is 14.5 Å². The Morgan fingerprint density at radius 2 is 2.00 bits per heavy atom. The molecule has 2 heterocycles. The monoisotopic (exact) mass is 380 g/mol. The molecule has 8 heteroatoms. The van der Waals surface area contributed by atoms with E-state index in [1.165, 1.54) is 0 Å². The lowest BCUT2D eigenvalue weighted by molar-refractivity contribution is 0.104. The van der Waals surface area contributed by atoms with Crippen LogP contribution in [-0.2, 0) is 6.54 Å². The summed E-state index contributed by atoms with van der Waals surface area (Å²) in [6.07, 6.45) is 3.32. The van der Waals surface area contributed by atoms with Crippen LogP contribution in [0.25, 0.3) is 22.2 Å². The quantitative estimate of drug-likeness (QED) is 0.319. The predicted molar refractivity (Wildman–Crippen MR) is 109 cm³/mol. The summed E-state index contributed by atoms with van der Waals surface area (Å²) in [5, 5.41) is 24.2. The minimum absolute atomic E-state index is 0.0276. The lowest BCUT2D eigenvalue weighted by atomic mass is 9.87. The normalized spacial score (nSPS) is 12.4. The second kappa shape index (κ2) is 8.05. The fourth-order valence-electron chi connectivity index (χ4n) is 3.64. The third kappa shape index (κ3) is 3.15. The Bertz CT molecular complexity index is 1010. The number of fused-ring (bicyclic) bond motifs is 2. The molecule has 28 heavy (non-hydrogen) atoms. The number of aliphatic hydroxyl groups is 1. The molecule has 0 radical (unpaired) electrons. The molecule has 4 rings (SSSR count). The van der Waals surface area contributed by atoms with Crippen molar-refractivity contribution in [3.8, 4) is 11.3 Å². The SMILES string of the molecule is CNCCn1nc2c3c(c(NCCNCCO)ccc31)C(=O)c1cnccc1-2. The first-order valence-electron chi connectivity index (χ1n) is 9.49. The van der Waals surface area contributed by atoms with Crippen LogP contribution < -0.4 is 16.0 Å². The number of likely N-dealkylation sites (N-methyl/N-ethyl adjacent to an activating group) is 1. The van der Waals surface area contributed by atoms with E-state index >= 15 is 0 Å². The van der Waals surface area contributed by atoms with E-state index in [-0.39, 0.29) is 12.4 Å². The lowest BCUT2D eigenvalue weighted by Crippen LogP contribution is -2.25. The van der Waals surface area contributed by atoms with Crippen LogP contribution in [0, 0.1) is 0 Å². The summed E-state index contributed by atoms with van der Waals surface area (Å²) in [4.78, 5) is 17.4. The van der Waals surface area contributed by atoms with Crippen LogP contribution in [0.2, 0.25) is 0 Å². The number of nitrogens with one attached hydrogen (secondary N) is 3. The van der Waals surface area contributed by atoms with Gasteiger partial charge in [-0.2, -0.15) is 5.10 Å². The fraction of sp³-hybridized carbons (Fsp3) is 0.350. The maximum atomic E-state index is 13.3. The Labute approximate surface area is 163 Å². The van der Waals surface area contributed by atoms with Crippen LogP contribution in [0.5, 0.6) is 0 Å². The second-order valence-electron chi connectivity index (χ2n) is 6.71. The van der Waals surface area contributed by atoms with E-state index in [2.05, 4.69) is 20.9 Å². The van der Waals surface area contributed by atoms with Crippen LogP contribution in [0.1, 0.15) is 15.9 Å². The molecule has 0 saturated carbocycles. The molecule has 0 fully saturated rings. The van der Waals surface area contributed by atoms with Gasteiger partial charge < -0.3 is 21.1 Å². The van der Waals surface area contributed by atoms with E-state index in [0.717, 1.165) is 40.9 Å². The van der Waals surface area contributed by atoms with Gasteiger partial charge in [0.05, 0.1) is 29.8 Å². The van der Waals surface area contributed by atoms with Gasteiger partial charge in [0, 0.05) is 55.2 Å². The topological polar surface area (TPSA) is 104 Å². The predicted octanol–water partition coefficient (Wildman–Crippen LogP) is 0.856. The van der Waals surface area contributed by atoms with E-state index in [9.17, 15) is 4.79 Å². The van der Waals surface area contributed by atoms with Crippen molar-refractivity contribution in [1.29, 1.82) is 0 Å². The molecule has 1 aliphatic carbocycles. The number of anilines is 1. The number of benzene rings is 1. The first-order valence-corrected chi connectivity index (χ1v) is 9.49. The average Bonchev–Trinajstić information content (AvgIpc) is 3.09. The number of nitrogens with zero attached hydrogens (tertiary/aromatic N) is 3. The molecule has 2 aromatic heterocycles. The molecule has 0 atom stereocenters. The van der Waals surface area contributed by atoms with Gasteiger partial charge in [-0.25, -0.2) is 0 Å². The van der Waals surface area contributed by atoms with Gasteiger partial charge in [0.15, 0.2) is 5.78 Å². The van der Waals surface area contributed by atoms with Gasteiger partial charge in [0.2, 0.25) is 0 Å². The molecule has 1 aromatic carbocycles. The van der Waals surface area contributed by atoms with Crippen LogP contribution >= 0.6 is 0 Å². The number of hydrogen-bond donors (Lipinski definition) is 4. The molecular formula is C20H24N6O2. The molecule has 0 amide bonds. The van der Waals surface area contributed by atoms with Gasteiger partial charge in [-0.15, -0.1) is 0 Å². The number of carbonyl (C=O) groups excluding carboxylic acids is 1. The average molecular weight is 380 g/mol. The van der Waals surface area contributed by atoms with Gasteiger partial charge in [0.25, 0.3) is 0 Å². The molecule has 0 unspecified atom stereocenters. The number of hydrogen-bond acceptors (Lipinski definition) is 7. The van der Waals surface area contributed by atoms with E-state index in [4.69, 9.17) is 10.2 Å². The van der Waals surface area contributed by atoms with E-state index in [1.54, 1.807) is 12.4 Å². The van der Waals surface area contributed by atoms with E-state index in [0.29, 0.717) is 30.8 Å². The fourth-order valence-corrected chi connectivity index (χ4v) is 3.64. The highest BCUT2D eigenvalue weighted by molar-refractivity contribution is 6.27. The molecule has 0 spiro atoms. The summed E-state index contributed by atoms with van der Waals surface area (Å²) in [6, 6.07) is 5.83. The molecule has 0 aliphatic heterocycles. The van der Waals surface area contributed by atoms with Crippen molar-refractivity contribution >= 4 is 22.4 Å². The summed E-state index contributed by atoms with van der Waals surface area (Å²) in [5.74, 6) is -0.0276. The summed E-state index contributed by atoms with van der Waals surface area (Å²) >= 11 is 0. The van der Waals surface area contributed by atoms with Crippen LogP contribution in [0.15, 0.2) is 30.6 Å². The third-order valence-electron chi connectivity index (χ3n) is 4.95. The Hall–Kier alpha value is -2.81. The minimum atomic E-state index is -0.0276. The molecule has 3 aromatic rings. The number of aromatic nitrogens is 3. The first-order chi connectivity index (χ1) is 13.8. The maximum absolute atomic E-state index is 13.3. The molecule has 0 bridgehead atoms. The molecule has 4 N–H and O–H groups in total. The van der Waals surface area contributed by atoms with Crippen molar-refractivity contribution in [2.75, 3.05) is 45.2 Å². The third-order valence-corrected chi connectivity index (χ3v) is 4.95. The number of pyridine rings is 1. The zero-order valence-corrected chi connectivity index (χ0v) is 15.8. The Kier molecular flexibility index (Phi) is 5.34. The Balaban J connectivity index is 1.79. The molecular weight excluding hydrogens is 356 g/mol. The van der Waals surface area contributed by atoms with Crippen molar-refractivity contribution in [2.24, 2.45) is 0 Å². The van der Waals surface area contributed by atoms with Crippen LogP contribution in [-0.4, -0.2) is 65.5 Å². The van der Waals surface area contributed by atoms with Gasteiger partial charge in [-0.1, -0.05) is 0 Å². The second-order valence-corrected chi connectivity index (χ2v) is 6.71. The summed E-state index contributed by atoms with van der Waals surface area (Å²) in [7, 11) is 1.91. The smallest absolute Gasteiger partial charge is 0.198 e. The summed E-state index contributed by atoms with van der Waals surface area (Å²) in [5.41, 5.74) is 4.67. The standard InChI is InChI=1S/C20H24N6O2/c1-21-8-10-26-16-3-2-15(24-7-6-22-9-11-27)17-18(16)19(25-26)13-4-5-23-12-14(13)20(17)28/h2-5,12,21-22,24,27H,6-11H2,1H3. The molecule has 0 saturated heterocycles. The molecule has 8 nitrogen and oxygen atoms in total. The van der Waals surface area contributed by atoms with Crippen molar-refractivity contribution in [1.82, 2.24) is 25.4 Å². The number of carbonyl (C=O) groups is 1. The van der Waals surface area contributed by atoms with Crippen molar-refractivity contribution in [2.45, 2.75) is 6.54 Å². The lowest BCUT2D eigenvalue weighted by Gasteiger charge is -2.18. The number of aliphatic hydroxyl groups excluding tert-OH is 1. The van der Waals surface area contributed by atoms with Crippen LogP contribution in [0.3, 0.4) is 0 Å². The maximum Gasteiger partial charge on any atom is 0.198 e. The van der Waals surface area contributed by atoms with E-state index < -0.39 is 0 Å². The van der Waals surface area contributed by atoms with Gasteiger partial charge in [-0.05, 0) is 25.2 Å². The zero-order valence-electron chi connectivity index (χ0n) is 15.8. The summed E-state index contributed by atoms with van der Waals surface area (Å²) < 4.78 is 1.96.